The molecule has 0 fully saturated rings. The van der Waals surface area contributed by atoms with E-state index in [0.29, 0.717) is 33.8 Å². The van der Waals surface area contributed by atoms with Crippen molar-refractivity contribution in [2.24, 2.45) is 0 Å². The lowest BCUT2D eigenvalue weighted by Crippen LogP contribution is -2.18. The number of alkyl halides is 3. The number of hydrogen-bond donors (Lipinski definition) is 1. The first-order valence-corrected chi connectivity index (χ1v) is 8.36. The normalized spacial score (nSPS) is 11.9. The van der Waals surface area contributed by atoms with Crippen LogP contribution >= 0.6 is 0 Å². The van der Waals surface area contributed by atoms with Crippen LogP contribution in [0.4, 0.5) is 13.2 Å². The Bertz CT molecular complexity index is 1230. The number of aromatic nitrogens is 5. The van der Waals surface area contributed by atoms with Crippen molar-refractivity contribution < 1.29 is 13.2 Å². The highest BCUT2D eigenvalue weighted by atomic mass is 19.4. The summed E-state index contributed by atoms with van der Waals surface area (Å²) in [5.41, 5.74) is 1.20. The molecule has 0 aliphatic carbocycles. The largest absolute Gasteiger partial charge is 0.416 e. The smallest absolute Gasteiger partial charge is 0.290 e. The average Bonchev–Trinajstić information content (AvgIpc) is 2.96. The molecular weight excluding hydrogens is 371 g/mol. The summed E-state index contributed by atoms with van der Waals surface area (Å²) >= 11 is 0. The quantitative estimate of drug-likeness (QED) is 0.585. The van der Waals surface area contributed by atoms with Gasteiger partial charge in [0.2, 0.25) is 0 Å². The molecule has 0 saturated carbocycles. The van der Waals surface area contributed by atoms with Crippen molar-refractivity contribution in [2.75, 3.05) is 0 Å². The molecule has 28 heavy (non-hydrogen) atoms. The number of imidazole rings is 1. The van der Waals surface area contributed by atoms with E-state index in [9.17, 15) is 18.0 Å². The van der Waals surface area contributed by atoms with E-state index in [4.69, 9.17) is 0 Å². The van der Waals surface area contributed by atoms with Gasteiger partial charge in [0, 0.05) is 18.0 Å². The predicted octanol–water partition coefficient (Wildman–Crippen LogP) is 3.56. The molecule has 4 rings (SSSR count). The molecule has 0 aliphatic rings. The van der Waals surface area contributed by atoms with Crippen LogP contribution in [-0.4, -0.2) is 24.5 Å². The van der Waals surface area contributed by atoms with Gasteiger partial charge in [-0.05, 0) is 36.8 Å². The fourth-order valence-corrected chi connectivity index (χ4v) is 2.98. The number of H-pyrrole nitrogens is 1. The van der Waals surface area contributed by atoms with Crippen molar-refractivity contribution in [2.45, 2.75) is 19.6 Å². The molecule has 0 aliphatic heterocycles. The molecule has 0 atom stereocenters. The minimum atomic E-state index is -4.44. The van der Waals surface area contributed by atoms with Crippen molar-refractivity contribution in [1.82, 2.24) is 24.5 Å². The van der Waals surface area contributed by atoms with Crippen LogP contribution in [0.5, 0.6) is 0 Å². The van der Waals surface area contributed by atoms with Crippen LogP contribution in [0.3, 0.4) is 0 Å². The zero-order valence-corrected chi connectivity index (χ0v) is 14.7. The molecule has 0 unspecified atom stereocenters. The number of aryl methyl sites for hydroxylation is 1. The Hall–Kier alpha value is -3.49. The molecule has 0 amide bonds. The Morgan fingerprint density at radius 2 is 1.93 bits per heavy atom. The lowest BCUT2D eigenvalue weighted by atomic mass is 10.0. The minimum Gasteiger partial charge on any atom is -0.290 e. The average molecular weight is 385 g/mol. The van der Waals surface area contributed by atoms with Gasteiger partial charge in [-0.25, -0.2) is 19.7 Å². The van der Waals surface area contributed by atoms with Crippen LogP contribution < -0.4 is 5.69 Å². The van der Waals surface area contributed by atoms with Crippen LogP contribution in [0, 0.1) is 6.92 Å². The zero-order chi connectivity index (χ0) is 19.9. The van der Waals surface area contributed by atoms with E-state index in [2.05, 4.69) is 19.9 Å². The Morgan fingerprint density at radius 3 is 2.68 bits per heavy atom. The lowest BCUT2D eigenvalue weighted by molar-refractivity contribution is -0.137. The molecule has 6 nitrogen and oxygen atoms in total. The first kappa shape index (κ1) is 17.9. The highest BCUT2D eigenvalue weighted by Gasteiger charge is 2.30. The molecule has 0 saturated heterocycles. The first-order valence-electron chi connectivity index (χ1n) is 8.36. The summed E-state index contributed by atoms with van der Waals surface area (Å²) in [5, 5.41) is 0. The molecule has 1 aromatic carbocycles. The third-order valence-electron chi connectivity index (χ3n) is 4.31. The van der Waals surface area contributed by atoms with Crippen molar-refractivity contribution >= 4 is 11.2 Å². The molecule has 0 bridgehead atoms. The van der Waals surface area contributed by atoms with Crippen molar-refractivity contribution in [1.29, 1.82) is 0 Å². The standard InChI is InChI=1S/C19H14F3N5O/c1-11-23-6-5-15(25-11)10-27-16-8-13(9-24-17(16)26-18(27)28)12-3-2-4-14(7-12)19(20,21)22/h2-9H,10H2,1H3,(H,24,26,28). The third-order valence-corrected chi connectivity index (χ3v) is 4.31. The van der Waals surface area contributed by atoms with Gasteiger partial charge in [-0.1, -0.05) is 12.1 Å². The lowest BCUT2D eigenvalue weighted by Gasteiger charge is -2.09. The van der Waals surface area contributed by atoms with E-state index in [1.54, 1.807) is 31.3 Å². The Labute approximate surface area is 156 Å². The number of rotatable bonds is 3. The Balaban J connectivity index is 1.80. The number of fused-ring (bicyclic) bond motifs is 1. The van der Waals surface area contributed by atoms with Gasteiger partial charge in [-0.15, -0.1) is 0 Å². The van der Waals surface area contributed by atoms with Gasteiger partial charge in [-0.3, -0.25) is 9.55 Å². The second-order valence-electron chi connectivity index (χ2n) is 6.28. The van der Waals surface area contributed by atoms with Crippen molar-refractivity contribution in [3.05, 3.63) is 76.4 Å². The van der Waals surface area contributed by atoms with Crippen molar-refractivity contribution in [3.8, 4) is 11.1 Å². The maximum absolute atomic E-state index is 13.0. The number of aromatic amines is 1. The summed E-state index contributed by atoms with van der Waals surface area (Å²) in [5.74, 6) is 0.577. The molecular formula is C19H14F3N5O. The molecule has 142 valence electrons. The SMILES string of the molecule is Cc1nccc(Cn2c(=O)[nH]c3ncc(-c4cccc(C(F)(F)F)c4)cc32)n1. The second kappa shape index (κ2) is 6.59. The molecule has 9 heteroatoms. The van der Waals surface area contributed by atoms with Gasteiger partial charge in [0.05, 0.1) is 23.3 Å². The van der Waals surface area contributed by atoms with E-state index < -0.39 is 11.7 Å². The number of nitrogens with zero attached hydrogens (tertiary/aromatic N) is 4. The van der Waals surface area contributed by atoms with Crippen LogP contribution in [0.25, 0.3) is 22.3 Å². The molecule has 4 aromatic rings. The Morgan fingerprint density at radius 1 is 1.11 bits per heavy atom. The Kier molecular flexibility index (Phi) is 4.21. The summed E-state index contributed by atoms with van der Waals surface area (Å²) in [6, 6.07) is 8.33. The highest BCUT2D eigenvalue weighted by Crippen LogP contribution is 2.32. The highest BCUT2D eigenvalue weighted by molar-refractivity contribution is 5.78. The fraction of sp³-hybridized carbons (Fsp3) is 0.158. The molecule has 3 heterocycles. The summed E-state index contributed by atoms with van der Waals surface area (Å²) in [6.07, 6.45) is -1.40. The van der Waals surface area contributed by atoms with Gasteiger partial charge in [-0.2, -0.15) is 13.2 Å². The number of pyridine rings is 1. The van der Waals surface area contributed by atoms with Gasteiger partial charge >= 0.3 is 11.9 Å². The monoisotopic (exact) mass is 385 g/mol. The van der Waals surface area contributed by atoms with Crippen LogP contribution in [0.1, 0.15) is 17.1 Å². The number of hydrogen-bond acceptors (Lipinski definition) is 4. The van der Waals surface area contributed by atoms with E-state index in [-0.39, 0.29) is 12.2 Å². The first-order chi connectivity index (χ1) is 13.3. The van der Waals surface area contributed by atoms with Crippen LogP contribution in [0.15, 0.2) is 53.6 Å². The van der Waals surface area contributed by atoms with Crippen LogP contribution in [0.2, 0.25) is 0 Å². The zero-order valence-electron chi connectivity index (χ0n) is 14.7. The summed E-state index contributed by atoms with van der Waals surface area (Å²) in [6.45, 7) is 1.94. The van der Waals surface area contributed by atoms with Crippen molar-refractivity contribution in [3.63, 3.8) is 0 Å². The summed E-state index contributed by atoms with van der Waals surface area (Å²) in [4.78, 5) is 27.5. The fourth-order valence-electron chi connectivity index (χ4n) is 2.98. The summed E-state index contributed by atoms with van der Waals surface area (Å²) < 4.78 is 40.4. The van der Waals surface area contributed by atoms with E-state index in [0.717, 1.165) is 12.1 Å². The van der Waals surface area contributed by atoms with E-state index >= 15 is 0 Å². The topological polar surface area (TPSA) is 76.5 Å². The number of benzene rings is 1. The number of halogens is 3. The maximum Gasteiger partial charge on any atom is 0.416 e. The van der Waals surface area contributed by atoms with Gasteiger partial charge in [0.1, 0.15) is 5.82 Å². The molecule has 3 aromatic heterocycles. The molecule has 0 radical (unpaired) electrons. The minimum absolute atomic E-state index is 0.190. The molecule has 0 spiro atoms. The van der Waals surface area contributed by atoms with E-state index in [1.165, 1.54) is 16.8 Å². The van der Waals surface area contributed by atoms with Crippen LogP contribution in [-0.2, 0) is 12.7 Å². The predicted molar refractivity (Wildman–Crippen MR) is 96.7 cm³/mol. The van der Waals surface area contributed by atoms with E-state index in [1.807, 2.05) is 0 Å². The second-order valence-corrected chi connectivity index (χ2v) is 6.28. The molecule has 1 N–H and O–H groups in total. The van der Waals surface area contributed by atoms with Gasteiger partial charge < -0.3 is 0 Å². The maximum atomic E-state index is 13.0. The summed E-state index contributed by atoms with van der Waals surface area (Å²) in [7, 11) is 0. The van der Waals surface area contributed by atoms with Gasteiger partial charge in [0.25, 0.3) is 0 Å². The van der Waals surface area contributed by atoms with Gasteiger partial charge in [0.15, 0.2) is 5.65 Å². The third kappa shape index (κ3) is 3.38. The number of nitrogens with one attached hydrogen (secondary N) is 1.